The van der Waals surface area contributed by atoms with Crippen molar-refractivity contribution in [2.75, 3.05) is 5.32 Å². The molecule has 7 heteroatoms. The van der Waals surface area contributed by atoms with Crippen LogP contribution in [0.5, 0.6) is 0 Å². The van der Waals surface area contributed by atoms with E-state index in [4.69, 9.17) is 4.42 Å². The van der Waals surface area contributed by atoms with Crippen molar-refractivity contribution in [1.29, 1.82) is 0 Å². The second-order valence-corrected chi connectivity index (χ2v) is 8.07. The first-order valence-electron chi connectivity index (χ1n) is 8.75. The molecule has 2 heterocycles. The molecule has 2 unspecified atom stereocenters. The molecule has 2 aromatic heterocycles. The standard InChI is InChI=1S/C20H16N2O4S/c23-18(16-11-1-2-12(7-11)17(16)19(24)25)22-20-21-14-4-3-10(8-15(14)27-20)13-5-6-26-9-13/h1-6,8-9,11-12,16-17H,7H2,(H,24,25)(H,21,22,23)/t11?,12?,16-,17+/m1/s1. The van der Waals surface area contributed by atoms with Crippen LogP contribution in [0, 0.1) is 23.7 Å². The summed E-state index contributed by atoms with van der Waals surface area (Å²) in [6, 6.07) is 7.76. The average molecular weight is 380 g/mol. The van der Waals surface area contributed by atoms with E-state index in [9.17, 15) is 14.7 Å². The molecule has 2 N–H and O–H groups in total. The van der Waals surface area contributed by atoms with Gasteiger partial charge in [-0.15, -0.1) is 0 Å². The molecule has 1 amide bonds. The first kappa shape index (κ1) is 16.3. The third-order valence-corrected chi connectivity index (χ3v) is 6.45. The molecule has 27 heavy (non-hydrogen) atoms. The first-order valence-corrected chi connectivity index (χ1v) is 9.57. The molecule has 0 saturated heterocycles. The zero-order chi connectivity index (χ0) is 18.5. The van der Waals surface area contributed by atoms with E-state index in [1.54, 1.807) is 12.5 Å². The van der Waals surface area contributed by atoms with Gasteiger partial charge in [-0.1, -0.05) is 29.6 Å². The highest BCUT2D eigenvalue weighted by molar-refractivity contribution is 7.22. The summed E-state index contributed by atoms with van der Waals surface area (Å²) in [7, 11) is 0. The van der Waals surface area contributed by atoms with Gasteiger partial charge < -0.3 is 14.8 Å². The fraction of sp³-hybridized carbons (Fsp3) is 0.250. The molecule has 3 aromatic rings. The van der Waals surface area contributed by atoms with E-state index in [0.29, 0.717) is 5.13 Å². The second-order valence-electron chi connectivity index (χ2n) is 7.04. The molecule has 1 aromatic carbocycles. The van der Waals surface area contributed by atoms with E-state index in [1.165, 1.54) is 11.3 Å². The Balaban J connectivity index is 1.40. The smallest absolute Gasteiger partial charge is 0.307 e. The van der Waals surface area contributed by atoms with Crippen molar-refractivity contribution in [2.45, 2.75) is 6.42 Å². The van der Waals surface area contributed by atoms with Crippen molar-refractivity contribution in [2.24, 2.45) is 23.7 Å². The Bertz CT molecular complexity index is 1070. The van der Waals surface area contributed by atoms with Gasteiger partial charge in [0.15, 0.2) is 5.13 Å². The number of hydrogen-bond acceptors (Lipinski definition) is 5. The molecule has 1 saturated carbocycles. The number of hydrogen-bond donors (Lipinski definition) is 2. The number of carbonyl (C=O) groups excluding carboxylic acids is 1. The number of carboxylic acids is 1. The van der Waals surface area contributed by atoms with Crippen LogP contribution in [0.25, 0.3) is 21.3 Å². The van der Waals surface area contributed by atoms with Crippen LogP contribution in [0.2, 0.25) is 0 Å². The minimum atomic E-state index is -0.902. The minimum absolute atomic E-state index is 0.00169. The van der Waals surface area contributed by atoms with Crippen molar-refractivity contribution >= 4 is 38.6 Å². The number of nitrogens with one attached hydrogen (secondary N) is 1. The number of rotatable bonds is 4. The lowest BCUT2D eigenvalue weighted by Gasteiger charge is -2.23. The van der Waals surface area contributed by atoms with Crippen LogP contribution in [0.15, 0.2) is 53.4 Å². The number of furan rings is 1. The highest BCUT2D eigenvalue weighted by Gasteiger charge is 2.51. The van der Waals surface area contributed by atoms with E-state index >= 15 is 0 Å². The maximum atomic E-state index is 12.8. The summed E-state index contributed by atoms with van der Waals surface area (Å²) in [5, 5.41) is 12.9. The molecule has 1 fully saturated rings. The van der Waals surface area contributed by atoms with Crippen LogP contribution >= 0.6 is 11.3 Å². The summed E-state index contributed by atoms with van der Waals surface area (Å²) >= 11 is 1.39. The monoisotopic (exact) mass is 380 g/mol. The number of amides is 1. The zero-order valence-corrected chi connectivity index (χ0v) is 15.0. The van der Waals surface area contributed by atoms with E-state index in [2.05, 4.69) is 10.3 Å². The van der Waals surface area contributed by atoms with Crippen LogP contribution in [-0.4, -0.2) is 22.0 Å². The number of anilines is 1. The molecule has 0 spiro atoms. The van der Waals surface area contributed by atoms with E-state index in [-0.39, 0.29) is 17.7 Å². The van der Waals surface area contributed by atoms with Crippen LogP contribution in [0.1, 0.15) is 6.42 Å². The molecule has 0 aliphatic heterocycles. The fourth-order valence-electron chi connectivity index (χ4n) is 4.29. The molecule has 2 aliphatic carbocycles. The Hall–Kier alpha value is -2.93. The number of aromatic nitrogens is 1. The van der Waals surface area contributed by atoms with Gasteiger partial charge in [-0.3, -0.25) is 9.59 Å². The quantitative estimate of drug-likeness (QED) is 0.667. The van der Waals surface area contributed by atoms with Gasteiger partial charge in [0.2, 0.25) is 5.91 Å². The van der Waals surface area contributed by atoms with Crippen LogP contribution in [0.3, 0.4) is 0 Å². The maximum Gasteiger partial charge on any atom is 0.307 e. The highest BCUT2D eigenvalue weighted by Crippen LogP contribution is 2.48. The number of nitrogens with zero attached hydrogens (tertiary/aromatic N) is 1. The van der Waals surface area contributed by atoms with Gasteiger partial charge in [0, 0.05) is 5.56 Å². The molecular weight excluding hydrogens is 364 g/mol. The molecule has 2 aliphatic rings. The van der Waals surface area contributed by atoms with Crippen LogP contribution in [0.4, 0.5) is 5.13 Å². The number of aliphatic carboxylic acids is 1. The van der Waals surface area contributed by atoms with Gasteiger partial charge in [0.05, 0.1) is 34.6 Å². The molecule has 4 atom stereocenters. The summed E-state index contributed by atoms with van der Waals surface area (Å²) in [6.45, 7) is 0. The number of thiazole rings is 1. The third-order valence-electron chi connectivity index (χ3n) is 5.52. The summed E-state index contributed by atoms with van der Waals surface area (Å²) in [5.41, 5.74) is 2.79. The molecule has 6 nitrogen and oxygen atoms in total. The molecular formula is C20H16N2O4S. The Morgan fingerprint density at radius 1 is 1.15 bits per heavy atom. The number of carboxylic acid groups (broad SMARTS) is 1. The van der Waals surface area contributed by atoms with E-state index < -0.39 is 17.8 Å². The van der Waals surface area contributed by atoms with Crippen molar-refractivity contribution < 1.29 is 19.1 Å². The summed E-state index contributed by atoms with van der Waals surface area (Å²) < 4.78 is 6.08. The van der Waals surface area contributed by atoms with Gasteiger partial charge in [0.1, 0.15) is 0 Å². The van der Waals surface area contributed by atoms with Crippen LogP contribution < -0.4 is 5.32 Å². The Morgan fingerprint density at radius 2 is 1.96 bits per heavy atom. The highest BCUT2D eigenvalue weighted by atomic mass is 32.1. The van der Waals surface area contributed by atoms with E-state index in [1.807, 2.05) is 36.4 Å². The van der Waals surface area contributed by atoms with Crippen molar-refractivity contribution in [3.8, 4) is 11.1 Å². The summed E-state index contributed by atoms with van der Waals surface area (Å²) in [5.74, 6) is -2.39. The molecule has 5 rings (SSSR count). The van der Waals surface area contributed by atoms with E-state index in [0.717, 1.165) is 27.8 Å². The molecule has 2 bridgehead atoms. The van der Waals surface area contributed by atoms with Gasteiger partial charge >= 0.3 is 5.97 Å². The lowest BCUT2D eigenvalue weighted by Crippen LogP contribution is -2.36. The Kier molecular flexibility index (Phi) is 3.65. The fourth-order valence-corrected chi connectivity index (χ4v) is 5.20. The predicted octanol–water partition coefficient (Wildman–Crippen LogP) is 4.02. The zero-order valence-electron chi connectivity index (χ0n) is 14.2. The molecule has 136 valence electrons. The topological polar surface area (TPSA) is 92.4 Å². The minimum Gasteiger partial charge on any atom is -0.481 e. The molecule has 0 radical (unpaired) electrons. The normalized spacial score (nSPS) is 25.9. The van der Waals surface area contributed by atoms with Gasteiger partial charge in [-0.25, -0.2) is 4.98 Å². The average Bonchev–Trinajstić information content (AvgIpc) is 3.42. The summed E-state index contributed by atoms with van der Waals surface area (Å²) in [6.07, 6.45) is 7.95. The summed E-state index contributed by atoms with van der Waals surface area (Å²) in [4.78, 5) is 28.9. The number of allylic oxidation sites excluding steroid dienone is 2. The van der Waals surface area contributed by atoms with Gasteiger partial charge in [-0.2, -0.15) is 0 Å². The van der Waals surface area contributed by atoms with Crippen LogP contribution in [-0.2, 0) is 9.59 Å². The SMILES string of the molecule is O=C(Nc1nc2ccc(-c3ccoc3)cc2s1)[C@@H]1C2C=CC(C2)[C@@H]1C(=O)O. The van der Waals surface area contributed by atoms with Gasteiger partial charge in [-0.05, 0) is 42.0 Å². The number of fused-ring (bicyclic) bond motifs is 3. The maximum absolute atomic E-state index is 12.8. The third kappa shape index (κ3) is 2.66. The number of carbonyl (C=O) groups is 2. The lowest BCUT2D eigenvalue weighted by atomic mass is 9.82. The Labute approximate surface area is 158 Å². The Morgan fingerprint density at radius 3 is 2.70 bits per heavy atom. The number of benzene rings is 1. The predicted molar refractivity (Wildman–Crippen MR) is 101 cm³/mol. The van der Waals surface area contributed by atoms with Crippen molar-refractivity contribution in [3.05, 3.63) is 48.9 Å². The lowest BCUT2D eigenvalue weighted by molar-refractivity contribution is -0.146. The van der Waals surface area contributed by atoms with Gasteiger partial charge in [0.25, 0.3) is 0 Å². The van der Waals surface area contributed by atoms with Crippen molar-refractivity contribution in [1.82, 2.24) is 4.98 Å². The largest absolute Gasteiger partial charge is 0.481 e. The first-order chi connectivity index (χ1) is 13.1. The second kappa shape index (κ2) is 6.06. The van der Waals surface area contributed by atoms with Crippen molar-refractivity contribution in [3.63, 3.8) is 0 Å².